The summed E-state index contributed by atoms with van der Waals surface area (Å²) in [7, 11) is 0. The van der Waals surface area contributed by atoms with Crippen molar-refractivity contribution in [3.05, 3.63) is 0 Å². The monoisotopic (exact) mass is 160 g/mol. The second-order valence-corrected chi connectivity index (χ2v) is 2.78. The van der Waals surface area contributed by atoms with Crippen LogP contribution in [0, 0.1) is 0 Å². The van der Waals surface area contributed by atoms with Crippen molar-refractivity contribution in [3.63, 3.8) is 0 Å². The van der Waals surface area contributed by atoms with Crippen LogP contribution >= 0.6 is 0 Å². The second kappa shape index (κ2) is 16.5. The van der Waals surface area contributed by atoms with Crippen LogP contribution in [0.25, 0.3) is 0 Å². The molecule has 0 unspecified atom stereocenters. The van der Waals surface area contributed by atoms with Gasteiger partial charge in [0.05, 0.1) is 0 Å². The number of unbranched alkanes of at least 4 members (excludes halogenated alkanes) is 4. The summed E-state index contributed by atoms with van der Waals surface area (Å²) in [5.41, 5.74) is 0. The molecular formula is C10H24O. The SMILES string of the molecule is CCCCC.CCCCCO. The molecule has 0 saturated carbocycles. The number of rotatable bonds is 5. The summed E-state index contributed by atoms with van der Waals surface area (Å²) in [5, 5.41) is 8.20. The molecule has 0 fully saturated rings. The Balaban J connectivity index is 0. The Morgan fingerprint density at radius 3 is 1.27 bits per heavy atom. The zero-order valence-corrected chi connectivity index (χ0v) is 8.40. The Kier molecular flexibility index (Phi) is 20.3. The molecule has 1 heteroatoms. The first-order valence-corrected chi connectivity index (χ1v) is 4.94. The summed E-state index contributed by atoms with van der Waals surface area (Å²) < 4.78 is 0. The van der Waals surface area contributed by atoms with Crippen molar-refractivity contribution in [1.82, 2.24) is 0 Å². The number of aliphatic hydroxyl groups is 1. The molecule has 1 N–H and O–H groups in total. The van der Waals surface area contributed by atoms with Crippen molar-refractivity contribution in [1.29, 1.82) is 0 Å². The van der Waals surface area contributed by atoms with Crippen LogP contribution in [0.3, 0.4) is 0 Å². The maximum atomic E-state index is 8.20. The summed E-state index contributed by atoms with van der Waals surface area (Å²) in [6.07, 6.45) is 7.40. The lowest BCUT2D eigenvalue weighted by Gasteiger charge is -1.85. The van der Waals surface area contributed by atoms with Crippen LogP contribution < -0.4 is 0 Å². The van der Waals surface area contributed by atoms with E-state index in [9.17, 15) is 0 Å². The van der Waals surface area contributed by atoms with E-state index in [1.54, 1.807) is 0 Å². The van der Waals surface area contributed by atoms with Gasteiger partial charge in [0.2, 0.25) is 0 Å². The fourth-order valence-corrected chi connectivity index (χ4v) is 0.715. The molecule has 0 spiro atoms. The second-order valence-electron chi connectivity index (χ2n) is 2.78. The van der Waals surface area contributed by atoms with Crippen molar-refractivity contribution in [3.8, 4) is 0 Å². The molecule has 11 heavy (non-hydrogen) atoms. The molecule has 0 saturated heterocycles. The van der Waals surface area contributed by atoms with E-state index in [1.165, 1.54) is 25.7 Å². The van der Waals surface area contributed by atoms with Crippen LogP contribution in [0.5, 0.6) is 0 Å². The Bertz CT molecular complexity index is 38.1. The Morgan fingerprint density at radius 2 is 1.18 bits per heavy atom. The third-order valence-electron chi connectivity index (χ3n) is 1.47. The summed E-state index contributed by atoms with van der Waals surface area (Å²) in [6, 6.07) is 0. The fourth-order valence-electron chi connectivity index (χ4n) is 0.715. The molecule has 0 aliphatic heterocycles. The highest BCUT2D eigenvalue weighted by Gasteiger charge is 1.76. The Labute approximate surface area is 71.8 Å². The van der Waals surface area contributed by atoms with Gasteiger partial charge in [-0.2, -0.15) is 0 Å². The highest BCUT2D eigenvalue weighted by atomic mass is 16.2. The standard InChI is InChI=1S/C5H12O.C5H12/c1-2-3-4-5-6;1-3-5-4-2/h6H,2-5H2,1H3;3-5H2,1-2H3. The van der Waals surface area contributed by atoms with E-state index < -0.39 is 0 Å². The van der Waals surface area contributed by atoms with E-state index in [-0.39, 0.29) is 0 Å². The Hall–Kier alpha value is -0.0400. The lowest BCUT2D eigenvalue weighted by Crippen LogP contribution is -1.78. The smallest absolute Gasteiger partial charge is 0.0431 e. The van der Waals surface area contributed by atoms with Gasteiger partial charge in [-0.1, -0.05) is 52.9 Å². The summed E-state index contributed by atoms with van der Waals surface area (Å²) >= 11 is 0. The minimum absolute atomic E-state index is 0.355. The predicted octanol–water partition coefficient (Wildman–Crippen LogP) is 3.37. The third kappa shape index (κ3) is 25.7. The van der Waals surface area contributed by atoms with Gasteiger partial charge in [0.25, 0.3) is 0 Å². The summed E-state index contributed by atoms with van der Waals surface area (Å²) in [4.78, 5) is 0. The quantitative estimate of drug-likeness (QED) is 0.611. The first-order valence-electron chi connectivity index (χ1n) is 4.94. The van der Waals surface area contributed by atoms with E-state index in [1.807, 2.05) is 0 Å². The van der Waals surface area contributed by atoms with Gasteiger partial charge in [0.15, 0.2) is 0 Å². The largest absolute Gasteiger partial charge is 0.396 e. The van der Waals surface area contributed by atoms with Crippen molar-refractivity contribution >= 4 is 0 Å². The number of hydrogen-bond acceptors (Lipinski definition) is 1. The first-order chi connectivity index (χ1) is 5.33. The lowest BCUT2D eigenvalue weighted by atomic mass is 10.3. The highest BCUT2D eigenvalue weighted by molar-refractivity contribution is 4.30. The van der Waals surface area contributed by atoms with Gasteiger partial charge in [-0.05, 0) is 6.42 Å². The molecule has 1 nitrogen and oxygen atoms in total. The molecule has 0 bridgehead atoms. The molecule has 0 aromatic heterocycles. The molecule has 0 aliphatic carbocycles. The van der Waals surface area contributed by atoms with E-state index in [0.717, 1.165) is 12.8 Å². The molecule has 0 rings (SSSR count). The topological polar surface area (TPSA) is 20.2 Å². The maximum absolute atomic E-state index is 8.20. The number of hydrogen-bond donors (Lipinski definition) is 1. The lowest BCUT2D eigenvalue weighted by molar-refractivity contribution is 0.284. The molecule has 0 amide bonds. The molecule has 0 aliphatic rings. The third-order valence-corrected chi connectivity index (χ3v) is 1.47. The van der Waals surface area contributed by atoms with E-state index in [2.05, 4.69) is 20.8 Å². The molecule has 70 valence electrons. The normalized spacial score (nSPS) is 8.73. The molecule has 0 heterocycles. The van der Waals surface area contributed by atoms with E-state index in [4.69, 9.17) is 5.11 Å². The molecule has 0 aromatic carbocycles. The van der Waals surface area contributed by atoms with Crippen LogP contribution in [0.4, 0.5) is 0 Å². The molecular weight excluding hydrogens is 136 g/mol. The molecule has 0 atom stereocenters. The van der Waals surface area contributed by atoms with Crippen LogP contribution in [0.15, 0.2) is 0 Å². The zero-order chi connectivity index (χ0) is 8.95. The van der Waals surface area contributed by atoms with Crippen LogP contribution in [0.1, 0.15) is 59.3 Å². The summed E-state index contributed by atoms with van der Waals surface area (Å²) in [6.45, 7) is 6.90. The first kappa shape index (κ1) is 13.5. The van der Waals surface area contributed by atoms with Crippen LogP contribution in [-0.2, 0) is 0 Å². The summed E-state index contributed by atoms with van der Waals surface area (Å²) in [5.74, 6) is 0. The van der Waals surface area contributed by atoms with Gasteiger partial charge in [-0.15, -0.1) is 0 Å². The fraction of sp³-hybridized carbons (Fsp3) is 1.00. The average molecular weight is 160 g/mol. The van der Waals surface area contributed by atoms with Crippen LogP contribution in [0.2, 0.25) is 0 Å². The molecule has 0 aromatic rings. The minimum Gasteiger partial charge on any atom is -0.396 e. The van der Waals surface area contributed by atoms with Crippen molar-refractivity contribution in [2.75, 3.05) is 6.61 Å². The van der Waals surface area contributed by atoms with Crippen molar-refractivity contribution in [2.45, 2.75) is 59.3 Å². The van der Waals surface area contributed by atoms with Crippen LogP contribution in [-0.4, -0.2) is 11.7 Å². The zero-order valence-electron chi connectivity index (χ0n) is 8.40. The average Bonchev–Trinajstić information content (AvgIpc) is 2.04. The number of aliphatic hydroxyl groups excluding tert-OH is 1. The van der Waals surface area contributed by atoms with E-state index in [0.29, 0.717) is 6.61 Å². The molecule has 0 radical (unpaired) electrons. The van der Waals surface area contributed by atoms with Gasteiger partial charge in [0, 0.05) is 6.61 Å². The van der Waals surface area contributed by atoms with Gasteiger partial charge in [-0.25, -0.2) is 0 Å². The van der Waals surface area contributed by atoms with Gasteiger partial charge in [0.1, 0.15) is 0 Å². The van der Waals surface area contributed by atoms with Gasteiger partial charge < -0.3 is 5.11 Å². The predicted molar refractivity (Wildman–Crippen MR) is 51.8 cm³/mol. The van der Waals surface area contributed by atoms with Gasteiger partial charge >= 0.3 is 0 Å². The maximum Gasteiger partial charge on any atom is 0.0431 e. The highest BCUT2D eigenvalue weighted by Crippen LogP contribution is 1.89. The minimum atomic E-state index is 0.355. The Morgan fingerprint density at radius 1 is 0.727 bits per heavy atom. The van der Waals surface area contributed by atoms with Crippen molar-refractivity contribution in [2.24, 2.45) is 0 Å². The van der Waals surface area contributed by atoms with Gasteiger partial charge in [-0.3, -0.25) is 0 Å². The van der Waals surface area contributed by atoms with E-state index >= 15 is 0 Å². The van der Waals surface area contributed by atoms with Crippen molar-refractivity contribution < 1.29 is 5.11 Å².